The van der Waals surface area contributed by atoms with E-state index in [0.717, 1.165) is 16.7 Å². The Labute approximate surface area is 193 Å². The maximum absolute atomic E-state index is 13.6. The minimum absolute atomic E-state index is 0.0675. The van der Waals surface area contributed by atoms with Crippen molar-refractivity contribution in [3.05, 3.63) is 74.4 Å². The number of benzene rings is 1. The van der Waals surface area contributed by atoms with E-state index in [4.69, 9.17) is 0 Å². The van der Waals surface area contributed by atoms with Crippen LogP contribution in [0.25, 0.3) is 10.6 Å². The molecule has 9 heteroatoms. The molecule has 5 rings (SSSR count). The summed E-state index contributed by atoms with van der Waals surface area (Å²) < 4.78 is 15.3. The molecule has 2 atom stereocenters. The lowest BCUT2D eigenvalue weighted by Crippen LogP contribution is -2.48. The van der Waals surface area contributed by atoms with E-state index in [-0.39, 0.29) is 23.2 Å². The summed E-state index contributed by atoms with van der Waals surface area (Å²) in [5, 5.41) is 15.8. The number of carbonyl (C=O) groups is 1. The van der Waals surface area contributed by atoms with Gasteiger partial charge in [-0.15, -0.1) is 21.5 Å². The number of aromatic nitrogens is 4. The maximum atomic E-state index is 13.6. The number of thiophene rings is 1. The molecule has 32 heavy (non-hydrogen) atoms. The second-order valence-corrected chi connectivity index (χ2v) is 10.3. The molecule has 0 N–H and O–H groups in total. The lowest BCUT2D eigenvalue weighted by atomic mass is 9.74. The van der Waals surface area contributed by atoms with E-state index < -0.39 is 0 Å². The molecular formula is C23H22FN5OS2. The van der Waals surface area contributed by atoms with Crippen LogP contribution in [0.3, 0.4) is 0 Å². The fourth-order valence-corrected chi connectivity index (χ4v) is 6.40. The smallest absolute Gasteiger partial charge is 0.285 e. The fraction of sp³-hybridized carbons (Fsp3) is 0.304. The van der Waals surface area contributed by atoms with Gasteiger partial charge in [0.05, 0.1) is 12.2 Å². The van der Waals surface area contributed by atoms with Crippen LogP contribution >= 0.6 is 22.7 Å². The van der Waals surface area contributed by atoms with Gasteiger partial charge in [0, 0.05) is 41.2 Å². The Morgan fingerprint density at radius 2 is 2.09 bits per heavy atom. The van der Waals surface area contributed by atoms with Crippen LogP contribution in [0.5, 0.6) is 0 Å². The highest BCUT2D eigenvalue weighted by atomic mass is 32.1. The van der Waals surface area contributed by atoms with Crippen LogP contribution in [0.4, 0.5) is 4.39 Å². The highest BCUT2D eigenvalue weighted by Gasteiger charge is 2.44. The van der Waals surface area contributed by atoms with Crippen LogP contribution in [0, 0.1) is 12.7 Å². The first kappa shape index (κ1) is 21.0. The van der Waals surface area contributed by atoms with Gasteiger partial charge in [0.1, 0.15) is 10.8 Å². The number of rotatable bonds is 3. The summed E-state index contributed by atoms with van der Waals surface area (Å²) in [5.74, 6) is -0.439. The fourth-order valence-electron chi connectivity index (χ4n) is 4.41. The quantitative estimate of drug-likeness (QED) is 0.427. The molecule has 3 aromatic heterocycles. The summed E-state index contributed by atoms with van der Waals surface area (Å²) >= 11 is 2.91. The van der Waals surface area contributed by atoms with Gasteiger partial charge in [0.2, 0.25) is 5.01 Å². The number of carbonyl (C=O) groups excluding carboxylic acids is 1. The van der Waals surface area contributed by atoms with Gasteiger partial charge in [0.25, 0.3) is 5.91 Å². The average Bonchev–Trinajstić information content (AvgIpc) is 3.51. The van der Waals surface area contributed by atoms with Crippen molar-refractivity contribution in [3.8, 4) is 10.6 Å². The zero-order valence-electron chi connectivity index (χ0n) is 18.2. The second-order valence-electron chi connectivity index (χ2n) is 8.41. The number of fused-ring (bicyclic) bond motifs is 1. The van der Waals surface area contributed by atoms with E-state index in [0.29, 0.717) is 16.6 Å². The number of hydrogen-bond acceptors (Lipinski definition) is 6. The lowest BCUT2D eigenvalue weighted by molar-refractivity contribution is 0.0631. The van der Waals surface area contributed by atoms with Crippen LogP contribution in [0.1, 0.15) is 51.3 Å². The topological polar surface area (TPSA) is 63.9 Å². The molecule has 0 bridgehead atoms. The van der Waals surface area contributed by atoms with Gasteiger partial charge in [-0.25, -0.2) is 4.39 Å². The number of nitrogens with zero attached hydrogens (tertiary/aromatic N) is 5. The Morgan fingerprint density at radius 1 is 1.28 bits per heavy atom. The minimum atomic E-state index is -0.368. The summed E-state index contributed by atoms with van der Waals surface area (Å²) in [6, 6.07) is 6.63. The summed E-state index contributed by atoms with van der Waals surface area (Å²) in [7, 11) is 1.90. The monoisotopic (exact) mass is 467 g/mol. The molecule has 6 nitrogen and oxygen atoms in total. The van der Waals surface area contributed by atoms with E-state index in [9.17, 15) is 9.18 Å². The standard InChI is InChI=1S/C23H22FN5OS2/c1-13-9-16(24)5-6-17(13)20-26-27-21(32-20)22(30)29-12-23(3,15-10-25-28(4)11-15)18-7-8-31-19(18)14(29)2/h5-11,14H,12H2,1-4H3/t14-,23-/m1/s1. The normalized spacial score (nSPS) is 20.4. The Hall–Kier alpha value is -2.91. The second kappa shape index (κ2) is 7.60. The van der Waals surface area contributed by atoms with Gasteiger partial charge in [-0.1, -0.05) is 11.3 Å². The van der Waals surface area contributed by atoms with Gasteiger partial charge < -0.3 is 4.90 Å². The van der Waals surface area contributed by atoms with Crippen molar-refractivity contribution in [2.24, 2.45) is 7.05 Å². The van der Waals surface area contributed by atoms with Gasteiger partial charge in [0.15, 0.2) is 0 Å². The molecule has 0 saturated carbocycles. The number of aryl methyl sites for hydroxylation is 2. The van der Waals surface area contributed by atoms with Crippen molar-refractivity contribution < 1.29 is 9.18 Å². The molecule has 0 fully saturated rings. The summed E-state index contributed by atoms with van der Waals surface area (Å²) in [6.07, 6.45) is 3.89. The molecule has 1 amide bonds. The zero-order valence-corrected chi connectivity index (χ0v) is 19.8. The van der Waals surface area contributed by atoms with E-state index in [2.05, 4.69) is 40.6 Å². The van der Waals surface area contributed by atoms with Gasteiger partial charge in [-0.05, 0) is 61.5 Å². The van der Waals surface area contributed by atoms with E-state index in [1.54, 1.807) is 22.1 Å². The third-order valence-corrected chi connectivity index (χ3v) is 8.28. The average molecular weight is 468 g/mol. The lowest BCUT2D eigenvalue weighted by Gasteiger charge is -2.43. The molecule has 0 aliphatic carbocycles. The van der Waals surface area contributed by atoms with Crippen LogP contribution in [-0.4, -0.2) is 37.3 Å². The van der Waals surface area contributed by atoms with Crippen LogP contribution in [0.2, 0.25) is 0 Å². The van der Waals surface area contributed by atoms with Gasteiger partial charge >= 0.3 is 0 Å². The molecule has 1 aliphatic heterocycles. The molecule has 0 spiro atoms. The van der Waals surface area contributed by atoms with Gasteiger partial charge in [-0.2, -0.15) is 5.10 Å². The Bertz CT molecular complexity index is 1330. The molecule has 1 aliphatic rings. The Balaban J connectivity index is 1.51. The molecule has 1 aromatic carbocycles. The van der Waals surface area contributed by atoms with Gasteiger partial charge in [-0.3, -0.25) is 9.48 Å². The summed E-state index contributed by atoms with van der Waals surface area (Å²) in [5.41, 5.74) is 3.50. The maximum Gasteiger partial charge on any atom is 0.285 e. The molecule has 0 saturated heterocycles. The molecule has 0 unspecified atom stereocenters. The Kier molecular flexibility index (Phi) is 4.98. The molecule has 4 aromatic rings. The first-order valence-electron chi connectivity index (χ1n) is 10.3. The Morgan fingerprint density at radius 3 is 2.81 bits per heavy atom. The largest absolute Gasteiger partial charge is 0.328 e. The van der Waals surface area contributed by atoms with Crippen LogP contribution in [-0.2, 0) is 12.5 Å². The van der Waals surface area contributed by atoms with Crippen molar-refractivity contribution in [2.45, 2.75) is 32.2 Å². The third-order valence-electron chi connectivity index (χ3n) is 6.25. The van der Waals surface area contributed by atoms with E-state index in [1.807, 2.05) is 31.3 Å². The SMILES string of the molecule is Cc1cc(F)ccc1-c1nnc(C(=O)N2C[C@](C)(c3cnn(C)c3)c3ccsc3[C@H]2C)s1. The molecular weight excluding hydrogens is 445 g/mol. The predicted molar refractivity (Wildman–Crippen MR) is 123 cm³/mol. The molecule has 164 valence electrons. The molecule has 0 radical (unpaired) electrons. The van der Waals surface area contributed by atoms with E-state index in [1.165, 1.54) is 33.9 Å². The van der Waals surface area contributed by atoms with E-state index >= 15 is 0 Å². The highest BCUT2D eigenvalue weighted by molar-refractivity contribution is 7.16. The number of amides is 1. The van der Waals surface area contributed by atoms with Crippen molar-refractivity contribution in [1.29, 1.82) is 0 Å². The highest BCUT2D eigenvalue weighted by Crippen LogP contribution is 2.46. The molecule has 4 heterocycles. The first-order chi connectivity index (χ1) is 15.3. The van der Waals surface area contributed by atoms with Crippen molar-refractivity contribution in [2.75, 3.05) is 6.54 Å². The van der Waals surface area contributed by atoms with Crippen LogP contribution in [0.15, 0.2) is 42.0 Å². The van der Waals surface area contributed by atoms with Crippen LogP contribution < -0.4 is 0 Å². The van der Waals surface area contributed by atoms with Crippen molar-refractivity contribution >= 4 is 28.6 Å². The number of halogens is 1. The third kappa shape index (κ3) is 3.27. The predicted octanol–water partition coefficient (Wildman–Crippen LogP) is 4.97. The zero-order chi connectivity index (χ0) is 22.6. The summed E-state index contributed by atoms with van der Waals surface area (Å²) in [4.78, 5) is 16.7. The van der Waals surface area contributed by atoms with Crippen molar-refractivity contribution in [3.63, 3.8) is 0 Å². The summed E-state index contributed by atoms with van der Waals surface area (Å²) in [6.45, 7) is 6.57. The van der Waals surface area contributed by atoms with Crippen molar-refractivity contribution in [1.82, 2.24) is 24.9 Å². The minimum Gasteiger partial charge on any atom is -0.328 e. The number of hydrogen-bond donors (Lipinski definition) is 0. The first-order valence-corrected chi connectivity index (χ1v) is 12.0.